The van der Waals surface area contributed by atoms with E-state index in [4.69, 9.17) is 0 Å². The fourth-order valence-electron chi connectivity index (χ4n) is 1.67. The normalized spacial score (nSPS) is 13.0. The van der Waals surface area contributed by atoms with Crippen molar-refractivity contribution in [1.82, 2.24) is 0 Å². The summed E-state index contributed by atoms with van der Waals surface area (Å²) in [5.41, 5.74) is 2.27. The van der Waals surface area contributed by atoms with Gasteiger partial charge in [-0.15, -0.1) is 11.3 Å². The largest absolute Gasteiger partial charge is 0.383 e. The summed E-state index contributed by atoms with van der Waals surface area (Å²) < 4.78 is 0. The lowest BCUT2D eigenvalue weighted by Gasteiger charge is -2.11. The van der Waals surface area contributed by atoms with Crippen molar-refractivity contribution in [3.63, 3.8) is 0 Å². The molecule has 0 bridgehead atoms. The molecular formula is C14H16OS. The Balaban J connectivity index is 2.22. The highest BCUT2D eigenvalue weighted by atomic mass is 32.1. The Morgan fingerprint density at radius 2 is 1.62 bits per heavy atom. The molecule has 1 atom stereocenters. The van der Waals surface area contributed by atoms with E-state index in [0.717, 1.165) is 10.4 Å². The minimum absolute atomic E-state index is 0.485. The van der Waals surface area contributed by atoms with E-state index in [2.05, 4.69) is 26.0 Å². The molecule has 16 heavy (non-hydrogen) atoms. The highest BCUT2D eigenvalue weighted by Crippen LogP contribution is 2.26. The Kier molecular flexibility index (Phi) is 3.42. The third kappa shape index (κ3) is 2.34. The first-order chi connectivity index (χ1) is 7.68. The molecule has 0 fully saturated rings. The van der Waals surface area contributed by atoms with E-state index < -0.39 is 6.10 Å². The first-order valence-electron chi connectivity index (χ1n) is 5.50. The number of hydrogen-bond acceptors (Lipinski definition) is 2. The molecule has 0 spiro atoms. The smallest absolute Gasteiger partial charge is 0.113 e. The molecular weight excluding hydrogens is 216 g/mol. The second kappa shape index (κ2) is 4.81. The summed E-state index contributed by atoms with van der Waals surface area (Å²) in [6.45, 7) is 4.34. The third-order valence-electron chi connectivity index (χ3n) is 2.73. The molecule has 2 aromatic rings. The molecule has 0 amide bonds. The van der Waals surface area contributed by atoms with Gasteiger partial charge in [-0.05, 0) is 28.5 Å². The molecule has 1 unspecified atom stereocenters. The topological polar surface area (TPSA) is 20.2 Å². The summed E-state index contributed by atoms with van der Waals surface area (Å²) in [5, 5.41) is 12.1. The number of thiophene rings is 1. The van der Waals surface area contributed by atoms with E-state index >= 15 is 0 Å². The van der Waals surface area contributed by atoms with Gasteiger partial charge in [-0.3, -0.25) is 0 Å². The zero-order valence-electron chi connectivity index (χ0n) is 9.55. The Morgan fingerprint density at radius 1 is 1.00 bits per heavy atom. The molecule has 0 aliphatic rings. The van der Waals surface area contributed by atoms with E-state index in [1.165, 1.54) is 5.56 Å². The van der Waals surface area contributed by atoms with Crippen LogP contribution in [0.25, 0.3) is 0 Å². The zero-order chi connectivity index (χ0) is 11.5. The molecule has 0 saturated carbocycles. The minimum Gasteiger partial charge on any atom is -0.383 e. The van der Waals surface area contributed by atoms with Crippen LogP contribution in [0.4, 0.5) is 0 Å². The average Bonchev–Trinajstić information content (AvgIpc) is 2.81. The van der Waals surface area contributed by atoms with Gasteiger partial charge in [-0.1, -0.05) is 44.2 Å². The van der Waals surface area contributed by atoms with E-state index in [9.17, 15) is 5.11 Å². The summed E-state index contributed by atoms with van der Waals surface area (Å²) in [6, 6.07) is 12.1. The Labute approximate surface area is 100 Å². The predicted molar refractivity (Wildman–Crippen MR) is 68.9 cm³/mol. The van der Waals surface area contributed by atoms with Crippen LogP contribution in [0.15, 0.2) is 41.8 Å². The second-order valence-electron chi connectivity index (χ2n) is 4.24. The number of aliphatic hydroxyl groups excluding tert-OH is 1. The molecule has 0 aliphatic carbocycles. The molecule has 1 aromatic heterocycles. The maximum atomic E-state index is 10.1. The van der Waals surface area contributed by atoms with Gasteiger partial charge in [0.1, 0.15) is 6.10 Å². The van der Waals surface area contributed by atoms with Crippen LogP contribution >= 0.6 is 11.3 Å². The number of benzene rings is 1. The third-order valence-corrected chi connectivity index (χ3v) is 3.66. The lowest BCUT2D eigenvalue weighted by molar-refractivity contribution is 0.224. The van der Waals surface area contributed by atoms with E-state index in [-0.39, 0.29) is 0 Å². The molecule has 2 heteroatoms. The van der Waals surface area contributed by atoms with Gasteiger partial charge in [0.05, 0.1) is 0 Å². The van der Waals surface area contributed by atoms with Gasteiger partial charge < -0.3 is 5.11 Å². The minimum atomic E-state index is -0.485. The Morgan fingerprint density at radius 3 is 2.12 bits per heavy atom. The fourth-order valence-corrected chi connectivity index (χ4v) is 2.41. The van der Waals surface area contributed by atoms with E-state index in [1.54, 1.807) is 11.3 Å². The summed E-state index contributed by atoms with van der Waals surface area (Å²) in [7, 11) is 0. The van der Waals surface area contributed by atoms with Crippen molar-refractivity contribution < 1.29 is 5.11 Å². The lowest BCUT2D eigenvalue weighted by Crippen LogP contribution is -1.97. The molecule has 84 valence electrons. The van der Waals surface area contributed by atoms with Crippen LogP contribution in [0.3, 0.4) is 0 Å². The van der Waals surface area contributed by atoms with Crippen molar-refractivity contribution in [1.29, 1.82) is 0 Å². The van der Waals surface area contributed by atoms with Crippen LogP contribution in [0, 0.1) is 0 Å². The molecule has 1 heterocycles. The van der Waals surface area contributed by atoms with Gasteiger partial charge in [0.25, 0.3) is 0 Å². The van der Waals surface area contributed by atoms with Crippen molar-refractivity contribution in [2.45, 2.75) is 25.9 Å². The quantitative estimate of drug-likeness (QED) is 0.849. The van der Waals surface area contributed by atoms with E-state index in [1.807, 2.05) is 29.6 Å². The number of rotatable bonds is 3. The number of hydrogen-bond donors (Lipinski definition) is 1. The van der Waals surface area contributed by atoms with Crippen LogP contribution in [-0.4, -0.2) is 5.11 Å². The van der Waals surface area contributed by atoms with Crippen LogP contribution in [0.1, 0.15) is 41.9 Å². The average molecular weight is 232 g/mol. The monoisotopic (exact) mass is 232 g/mol. The fraction of sp³-hybridized carbons (Fsp3) is 0.286. The van der Waals surface area contributed by atoms with Crippen molar-refractivity contribution in [3.05, 3.63) is 57.8 Å². The predicted octanol–water partition coefficient (Wildman–Crippen LogP) is 3.95. The van der Waals surface area contributed by atoms with Crippen LogP contribution < -0.4 is 0 Å². The van der Waals surface area contributed by atoms with Crippen molar-refractivity contribution in [3.8, 4) is 0 Å². The Hall–Kier alpha value is -1.12. The van der Waals surface area contributed by atoms with Crippen LogP contribution in [0.5, 0.6) is 0 Å². The van der Waals surface area contributed by atoms with Gasteiger partial charge >= 0.3 is 0 Å². The lowest BCUT2D eigenvalue weighted by atomic mass is 9.99. The van der Waals surface area contributed by atoms with E-state index in [0.29, 0.717) is 5.92 Å². The second-order valence-corrected chi connectivity index (χ2v) is 5.22. The number of aliphatic hydroxyl groups is 1. The van der Waals surface area contributed by atoms with Gasteiger partial charge in [0.15, 0.2) is 0 Å². The molecule has 0 saturated heterocycles. The zero-order valence-corrected chi connectivity index (χ0v) is 10.4. The standard InChI is InChI=1S/C14H16OS/c1-10(2)11-5-7-12(8-6-11)14(15)13-4-3-9-16-13/h3-10,14-15H,1-2H3. The first-order valence-corrected chi connectivity index (χ1v) is 6.38. The highest BCUT2D eigenvalue weighted by molar-refractivity contribution is 7.10. The van der Waals surface area contributed by atoms with Crippen LogP contribution in [0.2, 0.25) is 0 Å². The molecule has 1 nitrogen and oxygen atoms in total. The highest BCUT2D eigenvalue weighted by Gasteiger charge is 2.11. The summed E-state index contributed by atoms with van der Waals surface area (Å²) in [6.07, 6.45) is -0.485. The summed E-state index contributed by atoms with van der Waals surface area (Å²) in [5.74, 6) is 0.535. The molecule has 1 N–H and O–H groups in total. The summed E-state index contributed by atoms with van der Waals surface area (Å²) in [4.78, 5) is 0.997. The summed E-state index contributed by atoms with van der Waals surface area (Å²) >= 11 is 1.59. The van der Waals surface area contributed by atoms with Crippen LogP contribution in [-0.2, 0) is 0 Å². The van der Waals surface area contributed by atoms with Gasteiger partial charge in [-0.2, -0.15) is 0 Å². The SMILES string of the molecule is CC(C)c1ccc(C(O)c2cccs2)cc1. The van der Waals surface area contributed by atoms with Crippen molar-refractivity contribution in [2.75, 3.05) is 0 Å². The van der Waals surface area contributed by atoms with Gasteiger partial charge in [-0.25, -0.2) is 0 Å². The van der Waals surface area contributed by atoms with Crippen molar-refractivity contribution in [2.24, 2.45) is 0 Å². The van der Waals surface area contributed by atoms with Crippen molar-refractivity contribution >= 4 is 11.3 Å². The van der Waals surface area contributed by atoms with Gasteiger partial charge in [0.2, 0.25) is 0 Å². The maximum absolute atomic E-state index is 10.1. The molecule has 0 radical (unpaired) electrons. The Bertz CT molecular complexity index is 428. The first kappa shape index (κ1) is 11.4. The molecule has 0 aliphatic heterocycles. The van der Waals surface area contributed by atoms with Gasteiger partial charge in [0, 0.05) is 4.88 Å². The molecule has 2 rings (SSSR count). The maximum Gasteiger partial charge on any atom is 0.113 e. The molecule has 1 aromatic carbocycles.